The fraction of sp³-hybridized carbons (Fsp3) is 0.857. The van der Waals surface area contributed by atoms with Gasteiger partial charge in [-0.1, -0.05) is 160 Å². The highest BCUT2D eigenvalue weighted by atomic mass is 16.6. The number of nitrogens with zero attached hydrogens (tertiary/aromatic N) is 1. The average Bonchev–Trinajstić information content (AvgIpc) is 3.17. The molecular formula is C49H92NO7+. The minimum atomic E-state index is -0.875. The number of aliphatic carboxylic acids is 1. The van der Waals surface area contributed by atoms with Crippen molar-refractivity contribution in [1.82, 2.24) is 0 Å². The summed E-state index contributed by atoms with van der Waals surface area (Å²) in [5.41, 5.74) is 0. The lowest BCUT2D eigenvalue weighted by Gasteiger charge is -2.31. The molecule has 0 amide bonds. The molecule has 1 N–H and O–H groups in total. The molecule has 0 aromatic rings. The Morgan fingerprint density at radius 3 is 1.26 bits per heavy atom. The first-order chi connectivity index (χ1) is 27.6. The predicted octanol–water partition coefficient (Wildman–Crippen LogP) is 13.3. The number of allylic oxidation sites excluding steroid dienone is 4. The summed E-state index contributed by atoms with van der Waals surface area (Å²) in [6, 6.07) is -0.614. The van der Waals surface area contributed by atoms with Gasteiger partial charge in [-0.25, -0.2) is 4.79 Å². The highest BCUT2D eigenvalue weighted by molar-refractivity contribution is 5.72. The van der Waals surface area contributed by atoms with Gasteiger partial charge >= 0.3 is 17.9 Å². The van der Waals surface area contributed by atoms with E-state index in [0.29, 0.717) is 19.3 Å². The van der Waals surface area contributed by atoms with Gasteiger partial charge in [-0.2, -0.15) is 0 Å². The van der Waals surface area contributed by atoms with Gasteiger partial charge in [0.2, 0.25) is 0 Å². The van der Waals surface area contributed by atoms with E-state index in [1.165, 1.54) is 141 Å². The van der Waals surface area contributed by atoms with E-state index in [2.05, 4.69) is 38.2 Å². The van der Waals surface area contributed by atoms with Crippen LogP contribution in [0.15, 0.2) is 24.3 Å². The molecule has 0 fully saturated rings. The van der Waals surface area contributed by atoms with Gasteiger partial charge in [0.05, 0.1) is 34.4 Å². The van der Waals surface area contributed by atoms with Crippen molar-refractivity contribution in [3.8, 4) is 0 Å². The van der Waals surface area contributed by atoms with Crippen LogP contribution in [0.1, 0.15) is 219 Å². The number of carbonyl (C=O) groups excluding carboxylic acids is 2. The number of rotatable bonds is 43. The number of likely N-dealkylation sites (N-methyl/N-ethyl adjacent to an activating group) is 1. The number of carboxylic acid groups (broad SMARTS) is 1. The smallest absolute Gasteiger partial charge is 0.362 e. The summed E-state index contributed by atoms with van der Waals surface area (Å²) < 4.78 is 17.3. The summed E-state index contributed by atoms with van der Waals surface area (Å²) in [5, 5.41) is 9.63. The molecule has 0 aromatic carbocycles. The normalized spacial score (nSPS) is 13.1. The van der Waals surface area contributed by atoms with Gasteiger partial charge < -0.3 is 23.8 Å². The van der Waals surface area contributed by atoms with Crippen molar-refractivity contribution in [1.29, 1.82) is 0 Å². The minimum Gasteiger partial charge on any atom is -0.477 e. The van der Waals surface area contributed by atoms with E-state index < -0.39 is 18.1 Å². The third kappa shape index (κ3) is 39.1. The molecule has 2 unspecified atom stereocenters. The van der Waals surface area contributed by atoms with Crippen LogP contribution in [0.5, 0.6) is 0 Å². The Morgan fingerprint density at radius 1 is 0.509 bits per heavy atom. The van der Waals surface area contributed by atoms with Crippen molar-refractivity contribution in [2.45, 2.75) is 231 Å². The van der Waals surface area contributed by atoms with Crippen LogP contribution >= 0.6 is 0 Å². The summed E-state index contributed by atoms with van der Waals surface area (Å²) in [5.74, 6) is -1.47. The van der Waals surface area contributed by atoms with Crippen molar-refractivity contribution in [3.05, 3.63) is 24.3 Å². The van der Waals surface area contributed by atoms with Gasteiger partial charge in [0, 0.05) is 19.3 Å². The van der Waals surface area contributed by atoms with Crippen LogP contribution in [0.2, 0.25) is 0 Å². The van der Waals surface area contributed by atoms with E-state index in [9.17, 15) is 19.5 Å². The number of esters is 2. The Kier molecular flexibility index (Phi) is 39.0. The van der Waals surface area contributed by atoms with Crippen LogP contribution in [0.3, 0.4) is 0 Å². The molecule has 0 bridgehead atoms. The maximum absolute atomic E-state index is 12.8. The number of carbonyl (C=O) groups is 3. The third-order valence-electron chi connectivity index (χ3n) is 10.8. The largest absolute Gasteiger partial charge is 0.477 e. The topological polar surface area (TPSA) is 99.1 Å². The summed E-state index contributed by atoms with van der Waals surface area (Å²) in [4.78, 5) is 37.0. The number of hydrogen-bond acceptors (Lipinski definition) is 6. The second-order valence-corrected chi connectivity index (χ2v) is 17.4. The van der Waals surface area contributed by atoms with Crippen molar-refractivity contribution >= 4 is 17.9 Å². The molecule has 57 heavy (non-hydrogen) atoms. The van der Waals surface area contributed by atoms with Crippen molar-refractivity contribution in [2.24, 2.45) is 0 Å². The molecular weight excluding hydrogens is 715 g/mol. The van der Waals surface area contributed by atoms with E-state index in [1.54, 1.807) is 0 Å². The van der Waals surface area contributed by atoms with Crippen LogP contribution in [0.25, 0.3) is 0 Å². The van der Waals surface area contributed by atoms with Gasteiger partial charge in [0.1, 0.15) is 6.61 Å². The van der Waals surface area contributed by atoms with Gasteiger partial charge in [-0.05, 0) is 64.2 Å². The van der Waals surface area contributed by atoms with E-state index in [1.807, 2.05) is 21.1 Å². The molecule has 0 aliphatic rings. The lowest BCUT2D eigenvalue weighted by molar-refractivity contribution is -0.887. The Bertz CT molecular complexity index is 989. The SMILES string of the molecule is CCCCCCCC/C=C\CCCCCCCC(=O)OCC(COCCC(C(=O)O)[N+](C)(C)C)OC(=O)CCCCCCCCC/C=C\CCCCCCCCC. The fourth-order valence-corrected chi connectivity index (χ4v) is 7.08. The Hall–Kier alpha value is -2.19. The van der Waals surface area contributed by atoms with Crippen molar-refractivity contribution in [2.75, 3.05) is 41.0 Å². The molecule has 0 saturated heterocycles. The predicted molar refractivity (Wildman–Crippen MR) is 238 cm³/mol. The molecule has 0 saturated carbocycles. The molecule has 0 radical (unpaired) electrons. The van der Waals surface area contributed by atoms with Crippen LogP contribution in [-0.2, 0) is 28.6 Å². The monoisotopic (exact) mass is 807 g/mol. The molecule has 0 rings (SSSR count). The highest BCUT2D eigenvalue weighted by Crippen LogP contribution is 2.15. The molecule has 0 spiro atoms. The van der Waals surface area contributed by atoms with Crippen molar-refractivity contribution < 1.29 is 38.2 Å². The Morgan fingerprint density at radius 2 is 0.877 bits per heavy atom. The Balaban J connectivity index is 4.30. The van der Waals surface area contributed by atoms with E-state index >= 15 is 0 Å². The van der Waals surface area contributed by atoms with Gasteiger partial charge in [-0.3, -0.25) is 9.59 Å². The van der Waals surface area contributed by atoms with E-state index in [-0.39, 0.29) is 36.2 Å². The number of hydrogen-bond donors (Lipinski definition) is 1. The first kappa shape index (κ1) is 54.8. The van der Waals surface area contributed by atoms with Crippen LogP contribution in [0, 0.1) is 0 Å². The molecule has 0 aliphatic carbocycles. The van der Waals surface area contributed by atoms with Crippen LogP contribution < -0.4 is 0 Å². The number of ether oxygens (including phenoxy) is 3. The maximum atomic E-state index is 12.8. The molecule has 0 aliphatic heterocycles. The number of unbranched alkanes of at least 4 members (excludes halogenated alkanes) is 25. The zero-order valence-corrected chi connectivity index (χ0v) is 38.1. The average molecular weight is 807 g/mol. The van der Waals surface area contributed by atoms with Crippen molar-refractivity contribution in [3.63, 3.8) is 0 Å². The molecule has 334 valence electrons. The quantitative estimate of drug-likeness (QED) is 0.0283. The molecule has 0 heterocycles. The molecule has 8 heteroatoms. The molecule has 8 nitrogen and oxygen atoms in total. The van der Waals surface area contributed by atoms with E-state index in [0.717, 1.165) is 44.9 Å². The molecule has 0 aromatic heterocycles. The lowest BCUT2D eigenvalue weighted by Crippen LogP contribution is -2.50. The summed E-state index contributed by atoms with van der Waals surface area (Å²) in [7, 11) is 5.53. The third-order valence-corrected chi connectivity index (χ3v) is 10.8. The summed E-state index contributed by atoms with van der Waals surface area (Å²) in [6.45, 7) is 4.74. The van der Waals surface area contributed by atoms with Gasteiger partial charge in [0.25, 0.3) is 0 Å². The van der Waals surface area contributed by atoms with Gasteiger partial charge in [-0.15, -0.1) is 0 Å². The van der Waals surface area contributed by atoms with Crippen LogP contribution in [-0.4, -0.2) is 80.6 Å². The van der Waals surface area contributed by atoms with E-state index in [4.69, 9.17) is 14.2 Å². The lowest BCUT2D eigenvalue weighted by atomic mass is 10.1. The standard InChI is InChI=1S/C49H91NO7/c1-6-8-10-12-14-16-18-20-22-23-24-26-28-30-32-34-36-38-40-48(52)57-45(43-55-42-41-46(49(53)54)50(3,4)5)44-56-47(51)39-37-35-33-31-29-27-25-21-19-17-15-13-11-9-7-2/h21-23,25,45-46H,6-20,24,26-44H2,1-5H3/p+1/b23-22-,25-21-. The number of quaternary nitrogens is 1. The summed E-state index contributed by atoms with van der Waals surface area (Å²) >= 11 is 0. The van der Waals surface area contributed by atoms with Gasteiger partial charge in [0.15, 0.2) is 12.1 Å². The molecule has 2 atom stereocenters. The van der Waals surface area contributed by atoms with Crippen LogP contribution in [0.4, 0.5) is 0 Å². The number of carboxylic acids is 1. The summed E-state index contributed by atoms with van der Waals surface area (Å²) in [6.07, 6.45) is 45.0. The maximum Gasteiger partial charge on any atom is 0.362 e. The zero-order valence-electron chi connectivity index (χ0n) is 38.1. The minimum absolute atomic E-state index is 0.0539. The first-order valence-electron chi connectivity index (χ1n) is 23.9. The first-order valence-corrected chi connectivity index (χ1v) is 23.9. The zero-order chi connectivity index (χ0) is 42.1. The fourth-order valence-electron chi connectivity index (χ4n) is 7.08. The second-order valence-electron chi connectivity index (χ2n) is 17.4. The Labute approximate surface area is 351 Å². The highest BCUT2D eigenvalue weighted by Gasteiger charge is 2.31. The second kappa shape index (κ2) is 40.6.